The number of amides is 5. The van der Waals surface area contributed by atoms with E-state index in [-0.39, 0.29) is 13.1 Å². The van der Waals surface area contributed by atoms with Crippen molar-refractivity contribution >= 4 is 41.5 Å². The average molecular weight is 599 g/mol. The molecule has 7 atom stereocenters. The number of rotatable bonds is 13. The van der Waals surface area contributed by atoms with E-state index in [1.807, 2.05) is 0 Å². The zero-order valence-corrected chi connectivity index (χ0v) is 24.2. The van der Waals surface area contributed by atoms with Crippen LogP contribution < -0.4 is 21.7 Å². The van der Waals surface area contributed by atoms with E-state index in [1.54, 1.807) is 13.8 Å². The van der Waals surface area contributed by atoms with E-state index in [1.165, 1.54) is 23.6 Å². The molecule has 0 aromatic rings. The number of hydrogen-bond donors (Lipinski definition) is 7. The Hall–Kier alpha value is -3.79. The van der Waals surface area contributed by atoms with E-state index < -0.39 is 96.2 Å². The van der Waals surface area contributed by atoms with E-state index in [2.05, 4.69) is 16.0 Å². The molecule has 0 bridgehead atoms. The standard InChI is InChI=1S/C26H42N6O10/c1-12(2)19(23(38)28-13(3)21(36)30-20(14(4)33)26(41)42)29-22(37)16-7-5-9-31(16)25(40)17-8-6-10-32(17)24(39)15(27)11-18(34)35/h12-17,19-20,33H,5-11,27H2,1-4H3,(H,28,38)(H,29,37)(H,30,36)(H,34,35)(H,41,42)/t13-,14+,15-,16-,17-,19-,20-/m0/s1. The van der Waals surface area contributed by atoms with Crippen molar-refractivity contribution in [1.29, 1.82) is 0 Å². The highest BCUT2D eigenvalue weighted by Crippen LogP contribution is 2.26. The van der Waals surface area contributed by atoms with E-state index in [0.29, 0.717) is 25.7 Å². The molecule has 2 aliphatic heterocycles. The van der Waals surface area contributed by atoms with Crippen molar-refractivity contribution in [3.63, 3.8) is 0 Å². The molecule has 2 aliphatic rings. The predicted octanol–water partition coefficient (Wildman–Crippen LogP) is -2.63. The number of nitrogens with one attached hydrogen (secondary N) is 3. The van der Waals surface area contributed by atoms with E-state index in [4.69, 9.17) is 15.9 Å². The van der Waals surface area contributed by atoms with Gasteiger partial charge in [-0.05, 0) is 45.4 Å². The number of carboxylic acids is 2. The summed E-state index contributed by atoms with van der Waals surface area (Å²) < 4.78 is 0. The molecule has 0 aromatic carbocycles. The predicted molar refractivity (Wildman–Crippen MR) is 145 cm³/mol. The van der Waals surface area contributed by atoms with Gasteiger partial charge in [-0.25, -0.2) is 4.79 Å². The highest BCUT2D eigenvalue weighted by molar-refractivity contribution is 5.97. The second kappa shape index (κ2) is 14.9. The summed E-state index contributed by atoms with van der Waals surface area (Å²) in [5, 5.41) is 35.0. The first-order valence-electron chi connectivity index (χ1n) is 14.0. The zero-order chi connectivity index (χ0) is 31.9. The molecule has 5 amide bonds. The first kappa shape index (κ1) is 34.4. The van der Waals surface area contributed by atoms with Crippen molar-refractivity contribution in [1.82, 2.24) is 25.8 Å². The number of likely N-dealkylation sites (tertiary alicyclic amines) is 2. The van der Waals surface area contributed by atoms with Crippen LogP contribution in [0.3, 0.4) is 0 Å². The quantitative estimate of drug-likeness (QED) is 0.115. The minimum atomic E-state index is -1.58. The molecule has 42 heavy (non-hydrogen) atoms. The first-order chi connectivity index (χ1) is 19.6. The Bertz CT molecular complexity index is 1070. The van der Waals surface area contributed by atoms with Gasteiger partial charge in [0.2, 0.25) is 29.5 Å². The largest absolute Gasteiger partial charge is 0.481 e. The molecule has 0 aliphatic carbocycles. The molecule has 236 valence electrons. The summed E-state index contributed by atoms with van der Waals surface area (Å²) in [6.45, 7) is 6.34. The molecule has 2 heterocycles. The third-order valence-corrected chi connectivity index (χ3v) is 7.42. The summed E-state index contributed by atoms with van der Waals surface area (Å²) >= 11 is 0. The van der Waals surface area contributed by atoms with Crippen molar-refractivity contribution in [2.24, 2.45) is 11.7 Å². The number of aliphatic hydroxyl groups excluding tert-OH is 1. The lowest BCUT2D eigenvalue weighted by Crippen LogP contribution is -2.59. The first-order valence-corrected chi connectivity index (χ1v) is 14.0. The molecular formula is C26H42N6O10. The van der Waals surface area contributed by atoms with Crippen molar-refractivity contribution in [3.8, 4) is 0 Å². The number of carbonyl (C=O) groups excluding carboxylic acids is 5. The van der Waals surface area contributed by atoms with Crippen LogP contribution in [0.15, 0.2) is 0 Å². The van der Waals surface area contributed by atoms with E-state index in [0.717, 1.165) is 0 Å². The van der Waals surface area contributed by atoms with Crippen LogP contribution in [0.5, 0.6) is 0 Å². The van der Waals surface area contributed by atoms with Crippen LogP contribution in [0.2, 0.25) is 0 Å². The van der Waals surface area contributed by atoms with Gasteiger partial charge in [0.05, 0.1) is 18.6 Å². The molecule has 2 saturated heterocycles. The maximum absolute atomic E-state index is 13.5. The Kier molecular flexibility index (Phi) is 12.2. The molecule has 0 aromatic heterocycles. The van der Waals surface area contributed by atoms with Crippen LogP contribution in [0.1, 0.15) is 59.8 Å². The van der Waals surface area contributed by atoms with Crippen LogP contribution in [-0.2, 0) is 33.6 Å². The number of aliphatic hydroxyl groups is 1. The Morgan fingerprint density at radius 1 is 0.810 bits per heavy atom. The molecule has 0 spiro atoms. The topological polar surface area (TPSA) is 249 Å². The molecule has 8 N–H and O–H groups in total. The molecule has 0 saturated carbocycles. The number of carboxylic acid groups (broad SMARTS) is 2. The lowest BCUT2D eigenvalue weighted by Gasteiger charge is -2.33. The SMILES string of the molecule is CC(C)[C@H](NC(=O)[C@@H]1CCCN1C(=O)[C@@H]1CCCN1C(=O)[C@@H](N)CC(=O)O)C(=O)N[C@@H](C)C(=O)N[C@H](C(=O)O)[C@@H](C)O. The third-order valence-electron chi connectivity index (χ3n) is 7.42. The van der Waals surface area contributed by atoms with Crippen LogP contribution in [0.4, 0.5) is 0 Å². The lowest BCUT2D eigenvalue weighted by atomic mass is 10.0. The summed E-state index contributed by atoms with van der Waals surface area (Å²) in [6.07, 6.45) is -0.289. The summed E-state index contributed by atoms with van der Waals surface area (Å²) in [4.78, 5) is 89.9. The number of aliphatic carboxylic acids is 2. The lowest BCUT2D eigenvalue weighted by molar-refractivity contribution is -0.148. The fourth-order valence-corrected chi connectivity index (χ4v) is 5.09. The highest BCUT2D eigenvalue weighted by Gasteiger charge is 2.44. The van der Waals surface area contributed by atoms with Gasteiger partial charge in [0.15, 0.2) is 6.04 Å². The van der Waals surface area contributed by atoms with Gasteiger partial charge < -0.3 is 46.8 Å². The maximum atomic E-state index is 13.5. The van der Waals surface area contributed by atoms with Gasteiger partial charge in [-0.15, -0.1) is 0 Å². The van der Waals surface area contributed by atoms with Gasteiger partial charge in [0.1, 0.15) is 24.2 Å². The maximum Gasteiger partial charge on any atom is 0.328 e. The monoisotopic (exact) mass is 598 g/mol. The molecule has 2 rings (SSSR count). The average Bonchev–Trinajstić information content (AvgIpc) is 3.58. The molecular weight excluding hydrogens is 556 g/mol. The van der Waals surface area contributed by atoms with Crippen molar-refractivity contribution < 1.29 is 48.9 Å². The second-order valence-electron chi connectivity index (χ2n) is 11.1. The van der Waals surface area contributed by atoms with Crippen LogP contribution in [0, 0.1) is 5.92 Å². The smallest absolute Gasteiger partial charge is 0.328 e. The van der Waals surface area contributed by atoms with Gasteiger partial charge in [-0.3, -0.25) is 28.8 Å². The van der Waals surface area contributed by atoms with Crippen LogP contribution in [0.25, 0.3) is 0 Å². The van der Waals surface area contributed by atoms with Gasteiger partial charge in [-0.1, -0.05) is 13.8 Å². The molecule has 0 radical (unpaired) electrons. The summed E-state index contributed by atoms with van der Waals surface area (Å²) in [7, 11) is 0. The summed E-state index contributed by atoms with van der Waals surface area (Å²) in [5.41, 5.74) is 5.74. The fourth-order valence-electron chi connectivity index (χ4n) is 5.09. The second-order valence-corrected chi connectivity index (χ2v) is 11.1. The van der Waals surface area contributed by atoms with Crippen molar-refractivity contribution in [2.75, 3.05) is 13.1 Å². The normalized spacial score (nSPS) is 22.1. The Morgan fingerprint density at radius 3 is 1.90 bits per heavy atom. The van der Waals surface area contributed by atoms with E-state index >= 15 is 0 Å². The Labute approximate surface area is 243 Å². The van der Waals surface area contributed by atoms with E-state index in [9.17, 15) is 38.7 Å². The van der Waals surface area contributed by atoms with Crippen LogP contribution >= 0.6 is 0 Å². The van der Waals surface area contributed by atoms with Gasteiger partial charge in [0.25, 0.3) is 0 Å². The van der Waals surface area contributed by atoms with Crippen molar-refractivity contribution in [2.45, 2.75) is 102 Å². The minimum absolute atomic E-state index is 0.235. The van der Waals surface area contributed by atoms with Gasteiger partial charge in [0, 0.05) is 13.1 Å². The Morgan fingerprint density at radius 2 is 1.38 bits per heavy atom. The number of nitrogens with two attached hydrogens (primary N) is 1. The van der Waals surface area contributed by atoms with Crippen LogP contribution in [-0.4, -0.2) is 122 Å². The van der Waals surface area contributed by atoms with Gasteiger partial charge in [-0.2, -0.15) is 0 Å². The number of nitrogens with zero attached hydrogens (tertiary/aromatic N) is 2. The molecule has 0 unspecified atom stereocenters. The molecule has 16 heteroatoms. The molecule has 2 fully saturated rings. The molecule has 16 nitrogen and oxygen atoms in total. The fraction of sp³-hybridized carbons (Fsp3) is 0.731. The third kappa shape index (κ3) is 8.61. The number of hydrogen-bond acceptors (Lipinski definition) is 9. The minimum Gasteiger partial charge on any atom is -0.481 e. The van der Waals surface area contributed by atoms with Gasteiger partial charge >= 0.3 is 11.9 Å². The zero-order valence-electron chi connectivity index (χ0n) is 24.2. The van der Waals surface area contributed by atoms with Crippen molar-refractivity contribution in [3.05, 3.63) is 0 Å². The number of carbonyl (C=O) groups is 7. The Balaban J connectivity index is 2.08. The highest BCUT2D eigenvalue weighted by atomic mass is 16.4. The summed E-state index contributed by atoms with van der Waals surface area (Å²) in [5.74, 6) is -6.37. The summed E-state index contributed by atoms with van der Waals surface area (Å²) in [6, 6.07) is -6.98.